The van der Waals surface area contributed by atoms with Crippen LogP contribution in [-0.4, -0.2) is 30.0 Å². The van der Waals surface area contributed by atoms with Crippen molar-refractivity contribution >= 4 is 17.4 Å². The second kappa shape index (κ2) is 8.31. The van der Waals surface area contributed by atoms with E-state index >= 15 is 0 Å². The predicted octanol–water partition coefficient (Wildman–Crippen LogP) is 3.68. The number of nitrogens with one attached hydrogen (secondary N) is 1. The summed E-state index contributed by atoms with van der Waals surface area (Å²) in [4.78, 5) is 23.4. The van der Waals surface area contributed by atoms with E-state index in [4.69, 9.17) is 4.74 Å². The van der Waals surface area contributed by atoms with Gasteiger partial charge in [0.25, 0.3) is 5.91 Å². The second-order valence-electron chi connectivity index (χ2n) is 6.19. The number of methoxy groups -OCH3 is 1. The van der Waals surface area contributed by atoms with Crippen molar-refractivity contribution in [3.63, 3.8) is 0 Å². The molecule has 6 heteroatoms. The van der Waals surface area contributed by atoms with E-state index in [9.17, 15) is 4.79 Å². The Kier molecular flexibility index (Phi) is 5.66. The Morgan fingerprint density at radius 3 is 2.59 bits per heavy atom. The van der Waals surface area contributed by atoms with Crippen LogP contribution < -0.4 is 15.0 Å². The fraction of sp³-hybridized carbons (Fsp3) is 0.190. The Labute approximate surface area is 158 Å². The van der Waals surface area contributed by atoms with Gasteiger partial charge in [0.1, 0.15) is 23.1 Å². The van der Waals surface area contributed by atoms with Crippen LogP contribution in [0.15, 0.2) is 60.7 Å². The van der Waals surface area contributed by atoms with Crippen LogP contribution in [0.3, 0.4) is 0 Å². The molecule has 2 aromatic carbocycles. The molecule has 0 radical (unpaired) electrons. The molecule has 0 spiro atoms. The first kappa shape index (κ1) is 18.4. The number of nitrogens with zero attached hydrogens (tertiary/aromatic N) is 3. The lowest BCUT2D eigenvalue weighted by Gasteiger charge is -2.19. The van der Waals surface area contributed by atoms with Crippen LogP contribution in [0.2, 0.25) is 0 Å². The second-order valence-corrected chi connectivity index (χ2v) is 6.19. The third-order valence-corrected chi connectivity index (χ3v) is 4.04. The molecule has 1 heterocycles. The van der Waals surface area contributed by atoms with Gasteiger partial charge < -0.3 is 15.0 Å². The lowest BCUT2D eigenvalue weighted by Crippen LogP contribution is -2.21. The Balaban J connectivity index is 1.78. The summed E-state index contributed by atoms with van der Waals surface area (Å²) in [5.74, 6) is 1.63. The maximum atomic E-state index is 12.6. The van der Waals surface area contributed by atoms with Gasteiger partial charge in [0, 0.05) is 31.4 Å². The average Bonchev–Trinajstić information content (AvgIpc) is 2.68. The first-order chi connectivity index (χ1) is 13.0. The van der Waals surface area contributed by atoms with E-state index in [1.807, 2.05) is 42.3 Å². The minimum absolute atomic E-state index is 0.289. The number of benzene rings is 2. The highest BCUT2D eigenvalue weighted by Gasteiger charge is 2.13. The fourth-order valence-corrected chi connectivity index (χ4v) is 2.70. The first-order valence-corrected chi connectivity index (χ1v) is 8.61. The van der Waals surface area contributed by atoms with Crippen molar-refractivity contribution in [2.45, 2.75) is 13.5 Å². The van der Waals surface area contributed by atoms with Gasteiger partial charge in [0.2, 0.25) is 0 Å². The minimum atomic E-state index is -0.289. The van der Waals surface area contributed by atoms with E-state index in [1.54, 1.807) is 32.2 Å². The van der Waals surface area contributed by atoms with Gasteiger partial charge in [0.15, 0.2) is 0 Å². The number of anilines is 2. The van der Waals surface area contributed by atoms with E-state index < -0.39 is 0 Å². The van der Waals surface area contributed by atoms with Gasteiger partial charge in [-0.05, 0) is 24.6 Å². The largest absolute Gasteiger partial charge is 0.497 e. The number of amides is 1. The average molecular weight is 362 g/mol. The van der Waals surface area contributed by atoms with Gasteiger partial charge in [-0.25, -0.2) is 9.97 Å². The molecule has 0 aliphatic carbocycles. The summed E-state index contributed by atoms with van der Waals surface area (Å²) in [7, 11) is 3.53. The number of carbonyl (C=O) groups excluding carboxylic acids is 1. The topological polar surface area (TPSA) is 67.3 Å². The molecule has 6 nitrogen and oxygen atoms in total. The molecule has 0 aliphatic heterocycles. The van der Waals surface area contributed by atoms with Crippen LogP contribution in [0, 0.1) is 6.92 Å². The zero-order chi connectivity index (χ0) is 19.2. The Bertz CT molecular complexity index is 928. The number of hydrogen-bond donors (Lipinski definition) is 1. The van der Waals surface area contributed by atoms with Gasteiger partial charge in [-0.2, -0.15) is 0 Å². The molecule has 0 saturated carbocycles. The third kappa shape index (κ3) is 4.82. The molecular weight excluding hydrogens is 340 g/mol. The van der Waals surface area contributed by atoms with Crippen LogP contribution in [-0.2, 0) is 6.54 Å². The van der Waals surface area contributed by atoms with Crippen molar-refractivity contribution in [1.29, 1.82) is 0 Å². The van der Waals surface area contributed by atoms with Crippen molar-refractivity contribution < 1.29 is 9.53 Å². The zero-order valence-corrected chi connectivity index (χ0v) is 15.6. The Hall–Kier alpha value is -3.41. The summed E-state index contributed by atoms with van der Waals surface area (Å²) in [6, 6.07) is 19.0. The summed E-state index contributed by atoms with van der Waals surface area (Å²) in [5.41, 5.74) is 2.13. The molecule has 3 rings (SSSR count). The van der Waals surface area contributed by atoms with Crippen LogP contribution >= 0.6 is 0 Å². The van der Waals surface area contributed by atoms with Gasteiger partial charge in [-0.3, -0.25) is 4.79 Å². The van der Waals surface area contributed by atoms with Gasteiger partial charge in [-0.15, -0.1) is 0 Å². The van der Waals surface area contributed by atoms with Gasteiger partial charge >= 0.3 is 0 Å². The number of ether oxygens (including phenoxy) is 1. The molecule has 1 aromatic heterocycles. The van der Waals surface area contributed by atoms with Crippen LogP contribution in [0.5, 0.6) is 5.75 Å². The SMILES string of the molecule is COc1cccc(NC(=O)c2cc(N(C)Cc3ccccc3)nc(C)n2)c1. The normalized spacial score (nSPS) is 10.3. The van der Waals surface area contributed by atoms with E-state index in [0.29, 0.717) is 35.3 Å². The van der Waals surface area contributed by atoms with Gasteiger partial charge in [0.05, 0.1) is 7.11 Å². The van der Waals surface area contributed by atoms with Crippen molar-refractivity contribution in [3.8, 4) is 5.75 Å². The van der Waals surface area contributed by atoms with E-state index in [1.165, 1.54) is 5.56 Å². The molecule has 0 bridgehead atoms. The highest BCUT2D eigenvalue weighted by atomic mass is 16.5. The lowest BCUT2D eigenvalue weighted by molar-refractivity contribution is 0.102. The number of hydrogen-bond acceptors (Lipinski definition) is 5. The molecule has 138 valence electrons. The van der Waals surface area contributed by atoms with E-state index in [-0.39, 0.29) is 5.91 Å². The van der Waals surface area contributed by atoms with Crippen molar-refractivity contribution in [1.82, 2.24) is 9.97 Å². The maximum absolute atomic E-state index is 12.6. The quantitative estimate of drug-likeness (QED) is 0.724. The lowest BCUT2D eigenvalue weighted by atomic mass is 10.2. The molecule has 0 fully saturated rings. The van der Waals surface area contributed by atoms with Gasteiger partial charge in [-0.1, -0.05) is 36.4 Å². The fourth-order valence-electron chi connectivity index (χ4n) is 2.70. The summed E-state index contributed by atoms with van der Waals surface area (Å²) in [6.45, 7) is 2.47. The summed E-state index contributed by atoms with van der Waals surface area (Å²) in [6.07, 6.45) is 0. The number of aryl methyl sites for hydroxylation is 1. The van der Waals surface area contributed by atoms with Crippen LogP contribution in [0.25, 0.3) is 0 Å². The van der Waals surface area contributed by atoms with E-state index in [0.717, 1.165) is 0 Å². The van der Waals surface area contributed by atoms with Crippen molar-refractivity contribution in [3.05, 3.63) is 77.7 Å². The molecule has 0 atom stereocenters. The molecule has 3 aromatic rings. The summed E-state index contributed by atoms with van der Waals surface area (Å²) < 4.78 is 5.18. The van der Waals surface area contributed by atoms with E-state index in [2.05, 4.69) is 27.4 Å². The third-order valence-electron chi connectivity index (χ3n) is 4.04. The molecule has 1 N–H and O–H groups in total. The highest BCUT2D eigenvalue weighted by Crippen LogP contribution is 2.19. The first-order valence-electron chi connectivity index (χ1n) is 8.61. The Morgan fingerprint density at radius 2 is 1.85 bits per heavy atom. The zero-order valence-electron chi connectivity index (χ0n) is 15.6. The molecule has 0 unspecified atom stereocenters. The Morgan fingerprint density at radius 1 is 1.07 bits per heavy atom. The number of carbonyl (C=O) groups is 1. The van der Waals surface area contributed by atoms with Crippen LogP contribution in [0.1, 0.15) is 21.9 Å². The molecule has 0 aliphatic rings. The molecular formula is C21H22N4O2. The van der Waals surface area contributed by atoms with Crippen molar-refractivity contribution in [2.24, 2.45) is 0 Å². The maximum Gasteiger partial charge on any atom is 0.274 e. The predicted molar refractivity (Wildman–Crippen MR) is 106 cm³/mol. The highest BCUT2D eigenvalue weighted by molar-refractivity contribution is 6.03. The molecule has 1 amide bonds. The molecule has 0 saturated heterocycles. The minimum Gasteiger partial charge on any atom is -0.497 e. The number of aromatic nitrogens is 2. The molecule has 27 heavy (non-hydrogen) atoms. The van der Waals surface area contributed by atoms with Crippen LogP contribution in [0.4, 0.5) is 11.5 Å². The summed E-state index contributed by atoms with van der Waals surface area (Å²) >= 11 is 0. The smallest absolute Gasteiger partial charge is 0.274 e. The standard InChI is InChI=1S/C21H22N4O2/c1-15-22-19(21(26)24-17-10-7-11-18(12-17)27-3)13-20(23-15)25(2)14-16-8-5-4-6-9-16/h4-13H,14H2,1-3H3,(H,24,26). The number of rotatable bonds is 6. The van der Waals surface area contributed by atoms with Crippen molar-refractivity contribution in [2.75, 3.05) is 24.4 Å². The summed E-state index contributed by atoms with van der Waals surface area (Å²) in [5, 5.41) is 2.85. The monoisotopic (exact) mass is 362 g/mol.